The van der Waals surface area contributed by atoms with Crippen LogP contribution in [-0.4, -0.2) is 29.4 Å². The number of nitrogen functional groups attached to an aromatic ring is 1. The number of esters is 1. The van der Waals surface area contributed by atoms with Gasteiger partial charge in [0.1, 0.15) is 11.4 Å². The fourth-order valence-electron chi connectivity index (χ4n) is 2.57. The van der Waals surface area contributed by atoms with Crippen molar-refractivity contribution in [1.82, 2.24) is 4.98 Å². The summed E-state index contributed by atoms with van der Waals surface area (Å²) in [5.41, 5.74) is 7.63. The van der Waals surface area contributed by atoms with E-state index in [0.29, 0.717) is 17.1 Å². The van der Waals surface area contributed by atoms with Crippen molar-refractivity contribution in [3.05, 3.63) is 95.8 Å². The Hall–Kier alpha value is -3.93. The maximum atomic E-state index is 11.8. The molecule has 0 aliphatic carbocycles. The molecule has 3 rings (SSSR count). The molecule has 0 unspecified atom stereocenters. The van der Waals surface area contributed by atoms with Crippen molar-refractivity contribution in [3.63, 3.8) is 0 Å². The first kappa shape index (κ1) is 24.3. The van der Waals surface area contributed by atoms with Crippen molar-refractivity contribution >= 4 is 23.5 Å². The van der Waals surface area contributed by atoms with Gasteiger partial charge in [0.15, 0.2) is 5.78 Å². The van der Waals surface area contributed by atoms with E-state index in [9.17, 15) is 9.59 Å². The second-order valence-corrected chi connectivity index (χ2v) is 7.78. The van der Waals surface area contributed by atoms with Crippen LogP contribution in [0.2, 0.25) is 0 Å². The SMILES string of the molecule is COc1cc(/C=C/C(=O)OC(C)(C)C)ncc1N.O=C(c1ccccc1)c1ccccc1. The lowest BCUT2D eigenvalue weighted by Gasteiger charge is -2.17. The van der Waals surface area contributed by atoms with Crippen molar-refractivity contribution in [2.24, 2.45) is 0 Å². The summed E-state index contributed by atoms with van der Waals surface area (Å²) in [5, 5.41) is 0. The van der Waals surface area contributed by atoms with Crippen LogP contribution in [0, 0.1) is 0 Å². The zero-order chi connectivity index (χ0) is 23.6. The molecule has 3 aromatic rings. The van der Waals surface area contributed by atoms with Gasteiger partial charge in [-0.05, 0) is 26.8 Å². The number of anilines is 1. The molecule has 166 valence electrons. The topological polar surface area (TPSA) is 91.5 Å². The van der Waals surface area contributed by atoms with E-state index >= 15 is 0 Å². The molecule has 0 saturated heterocycles. The van der Waals surface area contributed by atoms with Gasteiger partial charge in [0.2, 0.25) is 0 Å². The minimum absolute atomic E-state index is 0.0752. The molecule has 0 aliphatic rings. The molecule has 32 heavy (non-hydrogen) atoms. The maximum absolute atomic E-state index is 11.8. The highest BCUT2D eigenvalue weighted by Crippen LogP contribution is 2.20. The predicted octanol–water partition coefficient (Wildman–Crippen LogP) is 4.94. The Labute approximate surface area is 188 Å². The molecule has 0 fully saturated rings. The molecule has 0 radical (unpaired) electrons. The van der Waals surface area contributed by atoms with E-state index in [2.05, 4.69) is 4.98 Å². The summed E-state index contributed by atoms with van der Waals surface area (Å²) in [4.78, 5) is 27.4. The van der Waals surface area contributed by atoms with E-state index in [4.69, 9.17) is 15.2 Å². The van der Waals surface area contributed by atoms with Crippen LogP contribution in [-0.2, 0) is 9.53 Å². The van der Waals surface area contributed by atoms with E-state index in [-0.39, 0.29) is 5.78 Å². The van der Waals surface area contributed by atoms with Gasteiger partial charge in [0, 0.05) is 23.3 Å². The van der Waals surface area contributed by atoms with Crippen molar-refractivity contribution in [2.45, 2.75) is 26.4 Å². The van der Waals surface area contributed by atoms with Crippen LogP contribution in [0.1, 0.15) is 42.4 Å². The van der Waals surface area contributed by atoms with Gasteiger partial charge in [0.25, 0.3) is 0 Å². The highest BCUT2D eigenvalue weighted by Gasteiger charge is 2.14. The molecule has 6 heteroatoms. The third-order valence-corrected chi connectivity index (χ3v) is 4.01. The van der Waals surface area contributed by atoms with Crippen molar-refractivity contribution in [1.29, 1.82) is 0 Å². The highest BCUT2D eigenvalue weighted by molar-refractivity contribution is 6.08. The Kier molecular flexibility index (Phi) is 8.72. The van der Waals surface area contributed by atoms with Crippen molar-refractivity contribution < 1.29 is 19.1 Å². The van der Waals surface area contributed by atoms with Crippen LogP contribution in [0.5, 0.6) is 5.75 Å². The molecule has 6 nitrogen and oxygen atoms in total. The number of hydrogen-bond donors (Lipinski definition) is 1. The smallest absolute Gasteiger partial charge is 0.331 e. The third kappa shape index (κ3) is 8.07. The van der Waals surface area contributed by atoms with Crippen molar-refractivity contribution in [2.75, 3.05) is 12.8 Å². The number of nitrogens with zero attached hydrogens (tertiary/aromatic N) is 1. The number of benzene rings is 2. The monoisotopic (exact) mass is 432 g/mol. The number of ether oxygens (including phenoxy) is 2. The van der Waals surface area contributed by atoms with E-state index < -0.39 is 11.6 Å². The fourth-order valence-corrected chi connectivity index (χ4v) is 2.57. The summed E-state index contributed by atoms with van der Waals surface area (Å²) in [6.45, 7) is 5.43. The molecule has 0 saturated carbocycles. The van der Waals surface area contributed by atoms with Gasteiger partial charge in [-0.15, -0.1) is 0 Å². The minimum atomic E-state index is -0.506. The van der Waals surface area contributed by atoms with E-state index in [0.717, 1.165) is 11.1 Å². The van der Waals surface area contributed by atoms with E-state index in [1.54, 1.807) is 12.1 Å². The van der Waals surface area contributed by atoms with Crippen LogP contribution in [0.4, 0.5) is 5.69 Å². The van der Waals surface area contributed by atoms with Crippen LogP contribution in [0.3, 0.4) is 0 Å². The molecule has 2 aromatic carbocycles. The number of hydrogen-bond acceptors (Lipinski definition) is 6. The molecule has 1 aromatic heterocycles. The largest absolute Gasteiger partial charge is 0.494 e. The Balaban J connectivity index is 0.000000233. The lowest BCUT2D eigenvalue weighted by molar-refractivity contribution is -0.148. The van der Waals surface area contributed by atoms with Crippen LogP contribution in [0.15, 0.2) is 79.0 Å². The first-order valence-electron chi connectivity index (χ1n) is 10.0. The summed E-state index contributed by atoms with van der Waals surface area (Å²) in [7, 11) is 1.52. The number of ketones is 1. The number of aromatic nitrogens is 1. The second kappa shape index (κ2) is 11.5. The third-order valence-electron chi connectivity index (χ3n) is 4.01. The molecule has 1 heterocycles. The molecular formula is C26H28N2O4. The number of methoxy groups -OCH3 is 1. The summed E-state index contributed by atoms with van der Waals surface area (Å²) in [6.07, 6.45) is 4.35. The number of carbonyl (C=O) groups excluding carboxylic acids is 2. The standard InChI is InChI=1S/C13H18N2O3.C13H10O/c1-13(2,3)18-12(16)6-5-9-7-11(17-4)10(14)8-15-9;14-13(11-7-3-1-4-8-11)12-9-5-2-6-10-12/h5-8H,14H2,1-4H3;1-10H/b6-5+;. The molecule has 0 amide bonds. The number of carbonyl (C=O) groups is 2. The number of nitrogens with two attached hydrogens (primary N) is 1. The number of rotatable bonds is 5. The summed E-state index contributed by atoms with van der Waals surface area (Å²) in [6, 6.07) is 20.3. The highest BCUT2D eigenvalue weighted by atomic mass is 16.6. The lowest BCUT2D eigenvalue weighted by atomic mass is 10.0. The summed E-state index contributed by atoms with van der Waals surface area (Å²) < 4.78 is 10.2. The lowest BCUT2D eigenvalue weighted by Crippen LogP contribution is -2.22. The molecule has 0 atom stereocenters. The zero-order valence-electron chi connectivity index (χ0n) is 18.7. The molecule has 0 bridgehead atoms. The van der Waals surface area contributed by atoms with Gasteiger partial charge in [-0.3, -0.25) is 9.78 Å². The van der Waals surface area contributed by atoms with Gasteiger partial charge in [-0.2, -0.15) is 0 Å². The molecule has 2 N–H and O–H groups in total. The molecular weight excluding hydrogens is 404 g/mol. The second-order valence-electron chi connectivity index (χ2n) is 7.78. The summed E-state index contributed by atoms with van der Waals surface area (Å²) in [5.74, 6) is 0.181. The van der Waals surface area contributed by atoms with Crippen LogP contribution < -0.4 is 10.5 Å². The van der Waals surface area contributed by atoms with Crippen LogP contribution >= 0.6 is 0 Å². The van der Waals surface area contributed by atoms with E-state index in [1.165, 1.54) is 19.4 Å². The van der Waals surface area contributed by atoms with Crippen LogP contribution in [0.25, 0.3) is 6.08 Å². The quantitative estimate of drug-likeness (QED) is 0.349. The molecule has 0 aliphatic heterocycles. The van der Waals surface area contributed by atoms with Gasteiger partial charge in [-0.1, -0.05) is 60.7 Å². The average molecular weight is 433 g/mol. The average Bonchev–Trinajstić information content (AvgIpc) is 2.78. The first-order chi connectivity index (χ1) is 15.2. The van der Waals surface area contributed by atoms with Gasteiger partial charge >= 0.3 is 5.97 Å². The fraction of sp³-hybridized carbons (Fsp3) is 0.192. The normalized spacial score (nSPS) is 10.8. The zero-order valence-corrected chi connectivity index (χ0v) is 18.7. The van der Waals surface area contributed by atoms with Gasteiger partial charge in [-0.25, -0.2) is 4.79 Å². The Morgan fingerprint density at radius 3 is 1.94 bits per heavy atom. The minimum Gasteiger partial charge on any atom is -0.494 e. The van der Waals surface area contributed by atoms with E-state index in [1.807, 2.05) is 81.4 Å². The predicted molar refractivity (Wildman–Crippen MR) is 126 cm³/mol. The Morgan fingerprint density at radius 1 is 0.938 bits per heavy atom. The summed E-state index contributed by atoms with van der Waals surface area (Å²) >= 11 is 0. The first-order valence-corrected chi connectivity index (χ1v) is 10.0. The van der Waals surface area contributed by atoms with Crippen molar-refractivity contribution in [3.8, 4) is 5.75 Å². The molecule has 0 spiro atoms. The van der Waals surface area contributed by atoms with Gasteiger partial charge in [0.05, 0.1) is 24.7 Å². The Morgan fingerprint density at radius 2 is 1.47 bits per heavy atom. The van der Waals surface area contributed by atoms with Gasteiger partial charge < -0.3 is 15.2 Å². The Bertz CT molecular complexity index is 1010. The number of pyridine rings is 1. The maximum Gasteiger partial charge on any atom is 0.331 e.